The van der Waals surface area contributed by atoms with Gasteiger partial charge in [0.05, 0.1) is 22.7 Å². The third-order valence-corrected chi connectivity index (χ3v) is 5.67. The van der Waals surface area contributed by atoms with Crippen LogP contribution in [0.5, 0.6) is 0 Å². The lowest BCUT2D eigenvalue weighted by atomic mass is 9.88. The van der Waals surface area contributed by atoms with Gasteiger partial charge in [0.25, 0.3) is 0 Å². The first-order valence-electron chi connectivity index (χ1n) is 7.96. The van der Waals surface area contributed by atoms with Crippen molar-refractivity contribution in [2.24, 2.45) is 10.9 Å². The molecule has 0 aliphatic carbocycles. The molecular formula is C17H18BrClN2O3. The third-order valence-electron chi connectivity index (χ3n) is 4.48. The van der Waals surface area contributed by atoms with Gasteiger partial charge in [-0.1, -0.05) is 11.6 Å². The minimum Gasteiger partial charge on any atom is -0.391 e. The number of halogens is 2. The van der Waals surface area contributed by atoms with Crippen molar-refractivity contribution in [3.8, 4) is 0 Å². The van der Waals surface area contributed by atoms with Crippen LogP contribution in [0.25, 0.3) is 0 Å². The second kappa shape index (κ2) is 7.44. The van der Waals surface area contributed by atoms with Gasteiger partial charge in [-0.3, -0.25) is 14.6 Å². The highest BCUT2D eigenvalue weighted by atomic mass is 79.9. The molecule has 1 aromatic carbocycles. The van der Waals surface area contributed by atoms with E-state index in [1.807, 2.05) is 0 Å². The number of aliphatic hydroxyl groups is 1. The molecule has 0 saturated carbocycles. The van der Waals surface area contributed by atoms with Crippen molar-refractivity contribution >= 4 is 51.0 Å². The summed E-state index contributed by atoms with van der Waals surface area (Å²) in [5, 5.41) is 13.5. The van der Waals surface area contributed by atoms with Crippen molar-refractivity contribution in [3.63, 3.8) is 0 Å². The van der Waals surface area contributed by atoms with Crippen molar-refractivity contribution in [1.82, 2.24) is 5.32 Å². The van der Waals surface area contributed by atoms with Crippen molar-refractivity contribution in [2.45, 2.75) is 37.8 Å². The number of benzene rings is 1. The maximum atomic E-state index is 12.6. The highest BCUT2D eigenvalue weighted by molar-refractivity contribution is 9.10. The van der Waals surface area contributed by atoms with Gasteiger partial charge in [0, 0.05) is 35.1 Å². The molecule has 1 aromatic rings. The first kappa shape index (κ1) is 17.7. The predicted octanol–water partition coefficient (Wildman–Crippen LogP) is 3.08. The lowest BCUT2D eigenvalue weighted by Gasteiger charge is -2.28. The van der Waals surface area contributed by atoms with Crippen LogP contribution in [0.1, 0.15) is 36.0 Å². The van der Waals surface area contributed by atoms with Gasteiger partial charge in [0.15, 0.2) is 5.78 Å². The van der Waals surface area contributed by atoms with E-state index < -0.39 is 12.0 Å². The molecule has 3 atom stereocenters. The van der Waals surface area contributed by atoms with Crippen molar-refractivity contribution in [2.75, 3.05) is 6.54 Å². The Bertz CT molecular complexity index is 707. The van der Waals surface area contributed by atoms with E-state index in [0.29, 0.717) is 27.2 Å². The summed E-state index contributed by atoms with van der Waals surface area (Å²) in [7, 11) is 0. The largest absolute Gasteiger partial charge is 0.391 e. The fourth-order valence-electron chi connectivity index (χ4n) is 3.14. The van der Waals surface area contributed by atoms with E-state index >= 15 is 0 Å². The highest BCUT2D eigenvalue weighted by Gasteiger charge is 2.30. The summed E-state index contributed by atoms with van der Waals surface area (Å²) in [6.45, 7) is 0.805. The zero-order chi connectivity index (χ0) is 17.3. The Morgan fingerprint density at radius 2 is 2.21 bits per heavy atom. The van der Waals surface area contributed by atoms with Crippen LogP contribution in [0, 0.1) is 5.92 Å². The number of Topliss-reactive ketones (excluding diaryl/α,β-unsaturated/α-hetero) is 2. The van der Waals surface area contributed by atoms with Crippen LogP contribution in [-0.4, -0.2) is 41.6 Å². The summed E-state index contributed by atoms with van der Waals surface area (Å²) in [6, 6.07) is 3.07. The Balaban J connectivity index is 1.67. The molecule has 1 fully saturated rings. The number of carbonyl (C=O) groups is 2. The molecule has 3 rings (SSSR count). The van der Waals surface area contributed by atoms with Gasteiger partial charge < -0.3 is 10.4 Å². The summed E-state index contributed by atoms with van der Waals surface area (Å²) in [5.41, 5.74) is 1.00. The van der Waals surface area contributed by atoms with Crippen LogP contribution >= 0.6 is 27.5 Å². The molecule has 2 aliphatic rings. The summed E-state index contributed by atoms with van der Waals surface area (Å²) < 4.78 is 0.680. The van der Waals surface area contributed by atoms with Gasteiger partial charge in [-0.2, -0.15) is 0 Å². The predicted molar refractivity (Wildman–Crippen MR) is 96.4 cm³/mol. The second-order valence-electron chi connectivity index (χ2n) is 6.25. The second-order valence-corrected chi connectivity index (χ2v) is 7.51. The molecular weight excluding hydrogens is 396 g/mol. The molecule has 128 valence electrons. The van der Waals surface area contributed by atoms with Gasteiger partial charge in [0.1, 0.15) is 5.78 Å². The van der Waals surface area contributed by atoms with Crippen molar-refractivity contribution < 1.29 is 14.7 Å². The molecule has 1 saturated heterocycles. The van der Waals surface area contributed by atoms with E-state index in [1.165, 1.54) is 6.21 Å². The number of rotatable bonds is 4. The molecule has 0 bridgehead atoms. The number of nitrogens with zero attached hydrogens (tertiary/aromatic N) is 1. The van der Waals surface area contributed by atoms with E-state index in [4.69, 9.17) is 11.6 Å². The average Bonchev–Trinajstić information content (AvgIpc) is 2.54. The van der Waals surface area contributed by atoms with Gasteiger partial charge >= 0.3 is 0 Å². The monoisotopic (exact) mass is 412 g/mol. The Kier molecular flexibility index (Phi) is 5.49. The molecule has 2 N–H and O–H groups in total. The first-order valence-corrected chi connectivity index (χ1v) is 9.13. The van der Waals surface area contributed by atoms with Crippen LogP contribution < -0.4 is 5.32 Å². The average molecular weight is 414 g/mol. The number of aliphatic imine (C=N–C) groups is 1. The maximum Gasteiger partial charge on any atom is 0.173 e. The van der Waals surface area contributed by atoms with Crippen LogP contribution in [0.15, 0.2) is 21.6 Å². The SMILES string of the molecule is O=C(CC1C=Nc2cc(Br)c(Cl)cc2C1=O)C[C@H]1NCCC[C@@H]1O. The topological polar surface area (TPSA) is 78.8 Å². The van der Waals surface area contributed by atoms with E-state index in [1.54, 1.807) is 12.1 Å². The number of hydrogen-bond acceptors (Lipinski definition) is 5. The van der Waals surface area contributed by atoms with Crippen LogP contribution in [0.2, 0.25) is 5.02 Å². The maximum absolute atomic E-state index is 12.6. The summed E-state index contributed by atoms with van der Waals surface area (Å²) in [6.07, 6.45) is 2.97. The third kappa shape index (κ3) is 3.77. The molecule has 0 aromatic heterocycles. The molecule has 0 amide bonds. The Labute approximate surface area is 153 Å². The van der Waals surface area contributed by atoms with Gasteiger partial charge in [-0.15, -0.1) is 0 Å². The molecule has 0 radical (unpaired) electrons. The van der Waals surface area contributed by atoms with E-state index in [0.717, 1.165) is 13.0 Å². The Morgan fingerprint density at radius 1 is 1.42 bits per heavy atom. The van der Waals surface area contributed by atoms with E-state index in [9.17, 15) is 14.7 Å². The molecule has 5 nitrogen and oxygen atoms in total. The number of nitrogens with one attached hydrogen (secondary N) is 1. The summed E-state index contributed by atoms with van der Waals surface area (Å²) in [5.74, 6) is -0.757. The number of aliphatic hydroxyl groups excluding tert-OH is 1. The number of ketones is 2. The summed E-state index contributed by atoms with van der Waals surface area (Å²) in [4.78, 5) is 29.2. The van der Waals surface area contributed by atoms with Gasteiger partial charge in [0.2, 0.25) is 0 Å². The van der Waals surface area contributed by atoms with Crippen LogP contribution in [0.4, 0.5) is 5.69 Å². The van der Waals surface area contributed by atoms with E-state index in [2.05, 4.69) is 26.2 Å². The first-order chi connectivity index (χ1) is 11.5. The fraction of sp³-hybridized carbons (Fsp3) is 0.471. The normalized spacial score (nSPS) is 26.3. The lowest BCUT2D eigenvalue weighted by molar-refractivity contribution is -0.120. The smallest absolute Gasteiger partial charge is 0.173 e. The highest BCUT2D eigenvalue weighted by Crippen LogP contribution is 2.35. The lowest BCUT2D eigenvalue weighted by Crippen LogP contribution is -2.46. The zero-order valence-electron chi connectivity index (χ0n) is 13.0. The minimum absolute atomic E-state index is 0.0510. The molecule has 2 aliphatic heterocycles. The quantitative estimate of drug-likeness (QED) is 0.795. The minimum atomic E-state index is -0.567. The number of carbonyl (C=O) groups excluding carboxylic acids is 2. The van der Waals surface area contributed by atoms with Crippen LogP contribution in [0.3, 0.4) is 0 Å². The standard InChI is InChI=1S/C17H18BrClN2O3/c18-12-7-14-11(6-13(12)19)17(24)9(8-21-14)4-10(22)5-15-16(23)2-1-3-20-15/h6-9,15-16,20,23H,1-5H2/t9?,15-,16+/m1/s1. The molecule has 2 heterocycles. The Hall–Kier alpha value is -1.08. The molecule has 7 heteroatoms. The van der Waals surface area contributed by atoms with Gasteiger partial charge in [-0.05, 0) is 47.4 Å². The van der Waals surface area contributed by atoms with Crippen LogP contribution in [-0.2, 0) is 4.79 Å². The molecule has 24 heavy (non-hydrogen) atoms. The number of hydrogen-bond donors (Lipinski definition) is 2. The molecule has 0 spiro atoms. The molecule has 1 unspecified atom stereocenters. The number of fused-ring (bicyclic) bond motifs is 1. The zero-order valence-corrected chi connectivity index (χ0v) is 15.3. The van der Waals surface area contributed by atoms with E-state index in [-0.39, 0.29) is 30.4 Å². The number of piperidine rings is 1. The van der Waals surface area contributed by atoms with Crippen molar-refractivity contribution in [3.05, 3.63) is 27.2 Å². The Morgan fingerprint density at radius 3 is 2.96 bits per heavy atom. The van der Waals surface area contributed by atoms with Gasteiger partial charge in [-0.25, -0.2) is 0 Å². The van der Waals surface area contributed by atoms with Crippen molar-refractivity contribution in [1.29, 1.82) is 0 Å². The fourth-order valence-corrected chi connectivity index (χ4v) is 3.64. The summed E-state index contributed by atoms with van der Waals surface area (Å²) >= 11 is 9.36.